The van der Waals surface area contributed by atoms with Gasteiger partial charge in [0.2, 0.25) is 0 Å². The summed E-state index contributed by atoms with van der Waals surface area (Å²) in [5.74, 6) is 0.929. The molecule has 2 aromatic carbocycles. The summed E-state index contributed by atoms with van der Waals surface area (Å²) in [5.41, 5.74) is 9.53. The smallest absolute Gasteiger partial charge is 0.0545 e. The number of rotatable bonds is 4. The number of hydrogen-bond acceptors (Lipinski definition) is 2. The van der Waals surface area contributed by atoms with Gasteiger partial charge >= 0.3 is 0 Å². The minimum absolute atomic E-state index is 0.0216. The Balaban J connectivity index is 2.07. The summed E-state index contributed by atoms with van der Waals surface area (Å²) in [6, 6.07) is 14.6. The van der Waals surface area contributed by atoms with E-state index in [1.165, 1.54) is 11.1 Å². The molecule has 2 aromatic rings. The molecule has 0 heterocycles. The number of aryl methyl sites for hydroxylation is 1. The third-order valence-electron chi connectivity index (χ3n) is 2.96. The van der Waals surface area contributed by atoms with Gasteiger partial charge in [-0.1, -0.05) is 47.5 Å². The molecule has 0 aliphatic rings. The van der Waals surface area contributed by atoms with Gasteiger partial charge in [-0.25, -0.2) is 0 Å². The first kappa shape index (κ1) is 14.4. The number of thioether (sulfide) groups is 1. The molecule has 100 valence electrons. The average Bonchev–Trinajstić information content (AvgIpc) is 2.37. The van der Waals surface area contributed by atoms with Gasteiger partial charge in [-0.15, -0.1) is 11.8 Å². The molecule has 1 atom stereocenters. The first-order valence-electron chi connectivity index (χ1n) is 6.29. The third kappa shape index (κ3) is 4.00. The van der Waals surface area contributed by atoms with Crippen molar-refractivity contribution < 1.29 is 0 Å². The quantitative estimate of drug-likeness (QED) is 0.806. The van der Waals surface area contributed by atoms with Crippen molar-refractivity contribution in [2.75, 3.05) is 0 Å². The molecule has 19 heavy (non-hydrogen) atoms. The summed E-state index contributed by atoms with van der Waals surface area (Å²) in [6.45, 7) is 4.07. The van der Waals surface area contributed by atoms with Crippen LogP contribution in [0.2, 0.25) is 5.02 Å². The second-order valence-corrected chi connectivity index (χ2v) is 6.18. The van der Waals surface area contributed by atoms with Crippen LogP contribution in [0.25, 0.3) is 0 Å². The van der Waals surface area contributed by atoms with E-state index in [2.05, 4.69) is 43.3 Å². The topological polar surface area (TPSA) is 26.0 Å². The maximum absolute atomic E-state index is 6.29. The lowest BCUT2D eigenvalue weighted by molar-refractivity contribution is 0.817. The maximum atomic E-state index is 6.29. The molecule has 0 saturated carbocycles. The van der Waals surface area contributed by atoms with Crippen molar-refractivity contribution in [1.29, 1.82) is 0 Å². The molecule has 2 rings (SSSR count). The van der Waals surface area contributed by atoms with E-state index in [0.717, 1.165) is 21.2 Å². The molecule has 0 unspecified atom stereocenters. The predicted molar refractivity (Wildman–Crippen MR) is 84.8 cm³/mol. The Morgan fingerprint density at radius 1 is 1.21 bits per heavy atom. The second kappa shape index (κ2) is 6.47. The summed E-state index contributed by atoms with van der Waals surface area (Å²) >= 11 is 8.05. The molecule has 0 fully saturated rings. The first-order valence-corrected chi connectivity index (χ1v) is 7.66. The standard InChI is InChI=1S/C16H18ClNS/c1-11-4-3-5-13(8-11)10-19-16-7-6-14(12(2)18)9-15(16)17/h3-9,12H,10,18H2,1-2H3/t12-/m1/s1. The lowest BCUT2D eigenvalue weighted by atomic mass is 10.1. The Morgan fingerprint density at radius 3 is 2.63 bits per heavy atom. The van der Waals surface area contributed by atoms with Crippen LogP contribution in [0, 0.1) is 6.92 Å². The predicted octanol–water partition coefficient (Wildman–Crippen LogP) is 4.96. The van der Waals surface area contributed by atoms with Crippen molar-refractivity contribution in [3.63, 3.8) is 0 Å². The average molecular weight is 292 g/mol. The first-order chi connectivity index (χ1) is 9.06. The molecule has 0 spiro atoms. The number of benzene rings is 2. The van der Waals surface area contributed by atoms with Crippen LogP contribution >= 0.6 is 23.4 Å². The van der Waals surface area contributed by atoms with Crippen LogP contribution in [-0.2, 0) is 5.75 Å². The fourth-order valence-corrected chi connectivity index (χ4v) is 3.10. The van der Waals surface area contributed by atoms with Gasteiger partial charge in [0, 0.05) is 16.7 Å². The zero-order valence-corrected chi connectivity index (χ0v) is 12.8. The van der Waals surface area contributed by atoms with Gasteiger partial charge in [-0.2, -0.15) is 0 Å². The van der Waals surface area contributed by atoms with Gasteiger partial charge in [-0.05, 0) is 37.1 Å². The highest BCUT2D eigenvalue weighted by atomic mass is 35.5. The Labute approximate surface area is 124 Å². The maximum Gasteiger partial charge on any atom is 0.0545 e. The largest absolute Gasteiger partial charge is 0.324 e. The van der Waals surface area contributed by atoms with Crippen molar-refractivity contribution in [1.82, 2.24) is 0 Å². The molecule has 0 bridgehead atoms. The third-order valence-corrected chi connectivity index (χ3v) is 4.53. The van der Waals surface area contributed by atoms with Gasteiger partial charge in [-0.3, -0.25) is 0 Å². The number of halogens is 1. The fourth-order valence-electron chi connectivity index (χ4n) is 1.88. The van der Waals surface area contributed by atoms with Gasteiger partial charge in [0.15, 0.2) is 0 Å². The molecule has 0 aliphatic heterocycles. The van der Waals surface area contributed by atoms with E-state index in [1.54, 1.807) is 11.8 Å². The Bertz CT molecular complexity index is 566. The molecule has 3 heteroatoms. The summed E-state index contributed by atoms with van der Waals surface area (Å²) in [6.07, 6.45) is 0. The molecule has 0 radical (unpaired) electrons. The SMILES string of the molecule is Cc1cccc(CSc2ccc([C@@H](C)N)cc2Cl)c1. The van der Waals surface area contributed by atoms with E-state index < -0.39 is 0 Å². The second-order valence-electron chi connectivity index (χ2n) is 4.76. The summed E-state index contributed by atoms with van der Waals surface area (Å²) in [7, 11) is 0. The lowest BCUT2D eigenvalue weighted by Crippen LogP contribution is -2.04. The normalized spacial score (nSPS) is 12.4. The highest BCUT2D eigenvalue weighted by Gasteiger charge is 2.06. The molecular weight excluding hydrogens is 274 g/mol. The van der Waals surface area contributed by atoms with Crippen LogP contribution in [0.5, 0.6) is 0 Å². The van der Waals surface area contributed by atoms with E-state index in [0.29, 0.717) is 0 Å². The van der Waals surface area contributed by atoms with Crippen molar-refractivity contribution >= 4 is 23.4 Å². The van der Waals surface area contributed by atoms with Gasteiger partial charge in [0.25, 0.3) is 0 Å². The molecule has 0 aromatic heterocycles. The summed E-state index contributed by atoms with van der Waals surface area (Å²) in [5, 5.41) is 0.785. The zero-order valence-electron chi connectivity index (χ0n) is 11.2. The van der Waals surface area contributed by atoms with E-state index in [4.69, 9.17) is 17.3 Å². The van der Waals surface area contributed by atoms with Crippen LogP contribution in [0.4, 0.5) is 0 Å². The van der Waals surface area contributed by atoms with Crippen LogP contribution < -0.4 is 5.73 Å². The minimum atomic E-state index is 0.0216. The molecular formula is C16H18ClNS. The van der Waals surface area contributed by atoms with Crippen LogP contribution in [-0.4, -0.2) is 0 Å². The highest BCUT2D eigenvalue weighted by Crippen LogP contribution is 2.31. The fraction of sp³-hybridized carbons (Fsp3) is 0.250. The van der Waals surface area contributed by atoms with Crippen LogP contribution in [0.15, 0.2) is 47.4 Å². The van der Waals surface area contributed by atoms with Crippen LogP contribution in [0.3, 0.4) is 0 Å². The molecule has 0 amide bonds. The van der Waals surface area contributed by atoms with Crippen molar-refractivity contribution in [2.45, 2.75) is 30.5 Å². The molecule has 1 nitrogen and oxygen atoms in total. The van der Waals surface area contributed by atoms with Crippen molar-refractivity contribution in [3.05, 3.63) is 64.2 Å². The number of hydrogen-bond donors (Lipinski definition) is 1. The van der Waals surface area contributed by atoms with E-state index >= 15 is 0 Å². The Kier molecular flexibility index (Phi) is 4.92. The Hall–Kier alpha value is -0.960. The van der Waals surface area contributed by atoms with E-state index in [9.17, 15) is 0 Å². The zero-order chi connectivity index (χ0) is 13.8. The van der Waals surface area contributed by atoms with Gasteiger partial charge in [0.05, 0.1) is 5.02 Å². The molecule has 2 N–H and O–H groups in total. The summed E-state index contributed by atoms with van der Waals surface area (Å²) in [4.78, 5) is 1.10. The summed E-state index contributed by atoms with van der Waals surface area (Å²) < 4.78 is 0. The van der Waals surface area contributed by atoms with E-state index in [-0.39, 0.29) is 6.04 Å². The van der Waals surface area contributed by atoms with Gasteiger partial charge < -0.3 is 5.73 Å². The van der Waals surface area contributed by atoms with Gasteiger partial charge in [0.1, 0.15) is 0 Å². The van der Waals surface area contributed by atoms with E-state index in [1.807, 2.05) is 13.0 Å². The van der Waals surface area contributed by atoms with Crippen LogP contribution in [0.1, 0.15) is 29.7 Å². The molecule has 0 aliphatic carbocycles. The highest BCUT2D eigenvalue weighted by molar-refractivity contribution is 7.98. The number of nitrogens with two attached hydrogens (primary N) is 1. The van der Waals surface area contributed by atoms with Crippen molar-refractivity contribution in [2.24, 2.45) is 5.73 Å². The van der Waals surface area contributed by atoms with Crippen molar-refractivity contribution in [3.8, 4) is 0 Å². The Morgan fingerprint density at radius 2 is 2.00 bits per heavy atom. The molecule has 0 saturated heterocycles. The monoisotopic (exact) mass is 291 g/mol. The minimum Gasteiger partial charge on any atom is -0.324 e. The lowest BCUT2D eigenvalue weighted by Gasteiger charge is -2.09.